The number of rotatable bonds is 20. The molecule has 0 spiro atoms. The Morgan fingerprint density at radius 3 is 2.36 bits per heavy atom. The van der Waals surface area contributed by atoms with E-state index in [1.165, 1.54) is 18.6 Å². The summed E-state index contributed by atoms with van der Waals surface area (Å²) in [6, 6.07) is 29.5. The summed E-state index contributed by atoms with van der Waals surface area (Å²) in [6.45, 7) is 4.20. The maximum absolute atomic E-state index is 13.6. The van der Waals surface area contributed by atoms with Crippen molar-refractivity contribution in [3.63, 3.8) is 0 Å². The van der Waals surface area contributed by atoms with Gasteiger partial charge in [-0.05, 0) is 122 Å². The molecule has 6 N–H and O–H groups in total. The number of carbonyl (C=O) groups is 3. The number of ether oxygens (including phenoxy) is 3. The molecule has 4 aliphatic rings. The van der Waals surface area contributed by atoms with Gasteiger partial charge in [0.15, 0.2) is 0 Å². The number of esters is 1. The Kier molecular flexibility index (Phi) is 16.2. The number of alkyl carbamates (subject to hydrolysis) is 1. The molecule has 5 aromatic rings. The minimum Gasteiger partial charge on any atom is -0.506 e. The van der Waals surface area contributed by atoms with Crippen molar-refractivity contribution in [3.8, 4) is 11.5 Å². The molecule has 2 amide bonds. The summed E-state index contributed by atoms with van der Waals surface area (Å²) in [5, 5.41) is 30.9. The van der Waals surface area contributed by atoms with Gasteiger partial charge in [0.1, 0.15) is 30.3 Å². The van der Waals surface area contributed by atoms with Gasteiger partial charge in [0.2, 0.25) is 5.56 Å². The number of pyridine rings is 1. The van der Waals surface area contributed by atoms with Crippen LogP contribution in [0, 0.1) is 11.8 Å². The highest BCUT2D eigenvalue weighted by atomic mass is 16.6. The van der Waals surface area contributed by atoms with Crippen molar-refractivity contribution in [3.05, 3.63) is 141 Å². The molecule has 1 saturated carbocycles. The normalized spacial score (nSPS) is 19.5. The molecule has 4 fully saturated rings. The van der Waals surface area contributed by atoms with E-state index in [0.29, 0.717) is 59.9 Å². The number of hydrogen-bond acceptors (Lipinski definition) is 11. The highest BCUT2D eigenvalue weighted by molar-refractivity contribution is 5.96. The first-order valence-electron chi connectivity index (χ1n) is 23.9. The monoisotopic (exact) mass is 913 g/mol. The van der Waals surface area contributed by atoms with Gasteiger partial charge in [-0.3, -0.25) is 14.5 Å². The number of phenolic OH excluding ortho intramolecular Hbond substituents is 1. The van der Waals surface area contributed by atoms with E-state index in [1.807, 2.05) is 66.7 Å². The first-order valence-corrected chi connectivity index (χ1v) is 23.9. The molecule has 354 valence electrons. The summed E-state index contributed by atoms with van der Waals surface area (Å²) in [5.41, 5.74) is 3.59. The van der Waals surface area contributed by atoms with Crippen LogP contribution < -0.4 is 26.2 Å². The first kappa shape index (κ1) is 47.3. The lowest BCUT2D eigenvalue weighted by atomic mass is 9.84. The van der Waals surface area contributed by atoms with Gasteiger partial charge in [0.05, 0.1) is 24.3 Å². The highest BCUT2D eigenvalue weighted by Gasteiger charge is 2.37. The minimum atomic E-state index is -0.870. The largest absolute Gasteiger partial charge is 0.506 e. The van der Waals surface area contributed by atoms with Crippen LogP contribution in [0.25, 0.3) is 10.9 Å². The van der Waals surface area contributed by atoms with Crippen molar-refractivity contribution in [2.45, 2.75) is 95.1 Å². The maximum atomic E-state index is 13.6. The minimum absolute atomic E-state index is 0.0640. The predicted octanol–water partition coefficient (Wildman–Crippen LogP) is 7.44. The van der Waals surface area contributed by atoms with E-state index in [2.05, 4.69) is 25.8 Å². The topological polar surface area (TPSA) is 192 Å². The van der Waals surface area contributed by atoms with Crippen LogP contribution in [0.4, 0.5) is 4.79 Å². The summed E-state index contributed by atoms with van der Waals surface area (Å²) in [7, 11) is 0. The van der Waals surface area contributed by atoms with Crippen molar-refractivity contribution in [1.29, 1.82) is 0 Å². The van der Waals surface area contributed by atoms with Gasteiger partial charge in [-0.1, -0.05) is 92.8 Å². The maximum Gasteiger partial charge on any atom is 0.408 e. The first-order chi connectivity index (χ1) is 32.7. The van der Waals surface area contributed by atoms with Gasteiger partial charge in [0, 0.05) is 30.1 Å². The number of aliphatic hydroxyl groups excluding tert-OH is 1. The molecule has 4 atom stereocenters. The molecule has 3 saturated heterocycles. The number of carbonyl (C=O) groups excluding carboxylic acids is 3. The van der Waals surface area contributed by atoms with Gasteiger partial charge in [-0.2, -0.15) is 0 Å². The van der Waals surface area contributed by atoms with Crippen molar-refractivity contribution in [2.24, 2.45) is 11.8 Å². The average molecular weight is 914 g/mol. The molecule has 0 radical (unpaired) electrons. The number of benzene rings is 4. The van der Waals surface area contributed by atoms with E-state index in [9.17, 15) is 29.4 Å². The number of fused-ring (bicyclic) bond motifs is 4. The van der Waals surface area contributed by atoms with E-state index < -0.39 is 30.3 Å². The molecule has 67 heavy (non-hydrogen) atoms. The Morgan fingerprint density at radius 2 is 1.60 bits per heavy atom. The number of piperidine rings is 3. The number of nitrogens with one attached hydrogen (secondary N) is 4. The van der Waals surface area contributed by atoms with Gasteiger partial charge in [0.25, 0.3) is 5.91 Å². The Bertz CT molecular complexity index is 2480. The number of aromatic nitrogens is 1. The lowest BCUT2D eigenvalue weighted by Crippen LogP contribution is -2.52. The summed E-state index contributed by atoms with van der Waals surface area (Å²) in [5.74, 6) is 0.512. The molecule has 14 heteroatoms. The van der Waals surface area contributed by atoms with E-state index in [1.54, 1.807) is 24.3 Å². The molecule has 0 unspecified atom stereocenters. The fraction of sp³-hybridized carbons (Fsp3) is 0.434. The number of H-pyrrole nitrogens is 1. The van der Waals surface area contributed by atoms with E-state index in [-0.39, 0.29) is 48.6 Å². The van der Waals surface area contributed by atoms with Crippen LogP contribution in [-0.4, -0.2) is 89.5 Å². The van der Waals surface area contributed by atoms with Crippen molar-refractivity contribution in [1.82, 2.24) is 25.8 Å². The number of aliphatic hydroxyl groups is 1. The van der Waals surface area contributed by atoms with Crippen LogP contribution in [0.5, 0.6) is 11.5 Å². The predicted molar refractivity (Wildman–Crippen MR) is 255 cm³/mol. The lowest BCUT2D eigenvalue weighted by Gasteiger charge is -2.43. The molecular weight excluding hydrogens is 851 g/mol. The molecule has 4 heterocycles. The Hall–Kier alpha value is -6.22. The number of amides is 2. The van der Waals surface area contributed by atoms with Crippen LogP contribution in [0.15, 0.2) is 108 Å². The van der Waals surface area contributed by atoms with Gasteiger partial charge < -0.3 is 45.4 Å². The molecular formula is C53H63N5O9. The summed E-state index contributed by atoms with van der Waals surface area (Å²) in [6.07, 6.45) is 7.94. The molecule has 14 nitrogen and oxygen atoms in total. The number of aromatic hydroxyl groups is 1. The zero-order valence-electron chi connectivity index (χ0n) is 38.0. The molecule has 1 aliphatic carbocycles. The van der Waals surface area contributed by atoms with E-state index >= 15 is 0 Å². The Morgan fingerprint density at radius 1 is 0.821 bits per heavy atom. The van der Waals surface area contributed by atoms with Crippen LogP contribution in [0.2, 0.25) is 0 Å². The molecule has 2 bridgehead atoms. The zero-order chi connectivity index (χ0) is 46.5. The van der Waals surface area contributed by atoms with Crippen LogP contribution >= 0.6 is 0 Å². The summed E-state index contributed by atoms with van der Waals surface area (Å²) < 4.78 is 17.9. The van der Waals surface area contributed by atoms with E-state index in [0.717, 1.165) is 74.8 Å². The van der Waals surface area contributed by atoms with Crippen LogP contribution in [0.1, 0.15) is 109 Å². The third-order valence-corrected chi connectivity index (χ3v) is 13.5. The second kappa shape index (κ2) is 23.0. The zero-order valence-corrected chi connectivity index (χ0v) is 38.0. The standard InChI is InChI=1S/C53H63N5O9/c59-45-22-20-42(43-21-23-48(61)56-50(43)45)46(60)32-54-26-7-8-29-65-52(63)44(30-35-10-3-1-4-11-35)55-51(62)39-18-16-36(17-19-39)34-66-41-15-9-14-40(31-41)49(38-12-5-2-6-13-38)57-53(64)67-47-33-58-27-24-37(47)25-28-58/h2,5-6,9,12-23,31,35,37,44,46-47,49,54,59-60H,1,3-4,7-8,10-11,24-30,32-34H2,(H,55,62)(H,56,61)(H,57,64)/t44-,46-,47-,49-/m0/s1. The summed E-state index contributed by atoms with van der Waals surface area (Å²) in [4.78, 5) is 57.1. The number of hydrogen-bond donors (Lipinski definition) is 6. The van der Waals surface area contributed by atoms with Crippen molar-refractivity contribution < 1.29 is 38.8 Å². The van der Waals surface area contributed by atoms with Crippen LogP contribution in [0.3, 0.4) is 0 Å². The lowest BCUT2D eigenvalue weighted by molar-refractivity contribution is -0.146. The van der Waals surface area contributed by atoms with Crippen molar-refractivity contribution in [2.75, 3.05) is 39.3 Å². The van der Waals surface area contributed by atoms with Gasteiger partial charge in [-0.15, -0.1) is 0 Å². The SMILES string of the molecule is O=C(N[C@@H](c1ccccc1)c1cccc(OCc2ccc(C(=O)N[C@@H](CC3CCCCC3)C(=O)OCCCCNC[C@H](O)c3ccc(O)c4[nH]c(=O)ccc34)cc2)c1)O[C@H]1CN2CCC1CC2. The fourth-order valence-electron chi connectivity index (χ4n) is 9.78. The average Bonchev–Trinajstić information content (AvgIpc) is 3.35. The third-order valence-electron chi connectivity index (χ3n) is 13.5. The number of phenols is 1. The van der Waals surface area contributed by atoms with Gasteiger partial charge in [-0.25, -0.2) is 9.59 Å². The van der Waals surface area contributed by atoms with Crippen LogP contribution in [-0.2, 0) is 20.9 Å². The van der Waals surface area contributed by atoms with Crippen molar-refractivity contribution >= 4 is 28.9 Å². The third kappa shape index (κ3) is 12.8. The quantitative estimate of drug-likeness (QED) is 0.0336. The highest BCUT2D eigenvalue weighted by Crippen LogP contribution is 2.32. The summed E-state index contributed by atoms with van der Waals surface area (Å²) >= 11 is 0. The molecule has 1 aromatic heterocycles. The van der Waals surface area contributed by atoms with E-state index in [4.69, 9.17) is 14.2 Å². The second-order valence-corrected chi connectivity index (χ2v) is 18.3. The molecule has 4 aromatic carbocycles. The Balaban J connectivity index is 0.809. The smallest absolute Gasteiger partial charge is 0.408 e. The number of aromatic amines is 1. The number of nitrogens with zero attached hydrogens (tertiary/aromatic N) is 1. The van der Waals surface area contributed by atoms with Gasteiger partial charge >= 0.3 is 12.1 Å². The second-order valence-electron chi connectivity index (χ2n) is 18.3. The molecule has 9 rings (SSSR count). The number of unbranched alkanes of at least 4 members (excludes halogenated alkanes) is 1. The fourth-order valence-corrected chi connectivity index (χ4v) is 9.78. The Labute approximate surface area is 391 Å². The molecule has 3 aliphatic heterocycles.